The first-order valence-corrected chi connectivity index (χ1v) is 9.97. The van der Waals surface area contributed by atoms with Gasteiger partial charge in [-0.2, -0.15) is 0 Å². The van der Waals surface area contributed by atoms with Crippen molar-refractivity contribution in [2.45, 2.75) is 46.3 Å². The number of amides is 1. The summed E-state index contributed by atoms with van der Waals surface area (Å²) in [4.78, 5) is 16.5. The second kappa shape index (κ2) is 12.6. The van der Waals surface area contributed by atoms with Crippen LogP contribution in [0.3, 0.4) is 0 Å². The molecule has 0 aliphatic carbocycles. The van der Waals surface area contributed by atoms with Gasteiger partial charge >= 0.3 is 0 Å². The SMILES string of the molecule is CCNC(=NCc1cccc(NC(=O)CC(C)C)c1)NCC(C)(O)c1ccco1.I. The molecule has 0 fully saturated rings. The number of benzene rings is 1. The normalized spacial score (nSPS) is 13.3. The zero-order chi connectivity index (χ0) is 21.3. The van der Waals surface area contributed by atoms with E-state index < -0.39 is 5.60 Å². The summed E-state index contributed by atoms with van der Waals surface area (Å²) in [6, 6.07) is 11.1. The highest BCUT2D eigenvalue weighted by molar-refractivity contribution is 14.0. The molecule has 7 nitrogen and oxygen atoms in total. The molecule has 1 aromatic heterocycles. The zero-order valence-electron chi connectivity index (χ0n) is 18.1. The van der Waals surface area contributed by atoms with E-state index in [9.17, 15) is 9.90 Å². The van der Waals surface area contributed by atoms with Crippen molar-refractivity contribution >= 4 is 41.5 Å². The molecule has 1 unspecified atom stereocenters. The molecule has 2 aromatic rings. The van der Waals surface area contributed by atoms with Crippen molar-refractivity contribution in [1.82, 2.24) is 10.6 Å². The second-order valence-corrected chi connectivity index (χ2v) is 7.65. The van der Waals surface area contributed by atoms with Gasteiger partial charge in [-0.1, -0.05) is 26.0 Å². The van der Waals surface area contributed by atoms with E-state index in [1.165, 1.54) is 6.26 Å². The van der Waals surface area contributed by atoms with E-state index in [4.69, 9.17) is 4.42 Å². The Morgan fingerprint density at radius 3 is 2.63 bits per heavy atom. The second-order valence-electron chi connectivity index (χ2n) is 7.65. The Bertz CT molecular complexity index is 804. The molecule has 1 heterocycles. The number of carbonyl (C=O) groups excluding carboxylic acids is 1. The number of hydrogen-bond donors (Lipinski definition) is 4. The van der Waals surface area contributed by atoms with Gasteiger partial charge in [0.1, 0.15) is 11.4 Å². The fourth-order valence-electron chi connectivity index (χ4n) is 2.77. The number of carbonyl (C=O) groups is 1. The number of rotatable bonds is 9. The highest BCUT2D eigenvalue weighted by atomic mass is 127. The Balaban J connectivity index is 0.00000450. The van der Waals surface area contributed by atoms with Gasteiger partial charge in [0.15, 0.2) is 5.96 Å². The van der Waals surface area contributed by atoms with Gasteiger partial charge in [0.05, 0.1) is 19.4 Å². The standard InChI is InChI=1S/C22H32N4O3.HI/c1-5-23-21(25-15-22(4,28)19-10-7-11-29-19)24-14-17-8-6-9-18(13-17)26-20(27)12-16(2)3;/h6-11,13,16,28H,5,12,14-15H2,1-4H3,(H,26,27)(H2,23,24,25);1H. The summed E-state index contributed by atoms with van der Waals surface area (Å²) in [5.41, 5.74) is 0.588. The smallest absolute Gasteiger partial charge is 0.224 e. The van der Waals surface area contributed by atoms with Crippen LogP contribution in [0.5, 0.6) is 0 Å². The van der Waals surface area contributed by atoms with Crippen LogP contribution in [0.4, 0.5) is 5.69 Å². The van der Waals surface area contributed by atoms with Crippen molar-refractivity contribution in [2.75, 3.05) is 18.4 Å². The van der Waals surface area contributed by atoms with E-state index in [1.54, 1.807) is 19.1 Å². The van der Waals surface area contributed by atoms with E-state index in [0.29, 0.717) is 37.1 Å². The third kappa shape index (κ3) is 8.74. The Morgan fingerprint density at radius 1 is 1.23 bits per heavy atom. The molecule has 0 saturated heterocycles. The lowest BCUT2D eigenvalue weighted by Gasteiger charge is -2.22. The van der Waals surface area contributed by atoms with E-state index in [-0.39, 0.29) is 36.4 Å². The summed E-state index contributed by atoms with van der Waals surface area (Å²) < 4.78 is 5.30. The van der Waals surface area contributed by atoms with E-state index in [1.807, 2.05) is 45.0 Å². The van der Waals surface area contributed by atoms with Gasteiger partial charge in [0, 0.05) is 18.7 Å². The number of hydrogen-bond acceptors (Lipinski definition) is 4. The van der Waals surface area contributed by atoms with Crippen LogP contribution >= 0.6 is 24.0 Å². The maximum Gasteiger partial charge on any atom is 0.224 e. The first-order chi connectivity index (χ1) is 13.8. The Kier molecular flexibility index (Phi) is 10.9. The maximum atomic E-state index is 12.0. The fraction of sp³-hybridized carbons (Fsp3) is 0.455. The average molecular weight is 528 g/mol. The first-order valence-electron chi connectivity index (χ1n) is 9.97. The minimum absolute atomic E-state index is 0. The minimum Gasteiger partial charge on any atom is -0.466 e. The summed E-state index contributed by atoms with van der Waals surface area (Å²) in [6.07, 6.45) is 2.03. The van der Waals surface area contributed by atoms with E-state index >= 15 is 0 Å². The lowest BCUT2D eigenvalue weighted by atomic mass is 10.0. The van der Waals surface area contributed by atoms with Gasteiger partial charge in [0.25, 0.3) is 0 Å². The van der Waals surface area contributed by atoms with Gasteiger partial charge in [0.2, 0.25) is 5.91 Å². The molecule has 30 heavy (non-hydrogen) atoms. The van der Waals surface area contributed by atoms with Crippen LogP contribution in [0.1, 0.15) is 45.4 Å². The fourth-order valence-corrected chi connectivity index (χ4v) is 2.77. The molecular formula is C22H33IN4O3. The Labute approximate surface area is 195 Å². The molecule has 0 aliphatic heterocycles. The lowest BCUT2D eigenvalue weighted by molar-refractivity contribution is -0.116. The summed E-state index contributed by atoms with van der Waals surface area (Å²) >= 11 is 0. The molecule has 1 amide bonds. The van der Waals surface area contributed by atoms with Gasteiger partial charge in [-0.3, -0.25) is 4.79 Å². The molecule has 8 heteroatoms. The van der Waals surface area contributed by atoms with Crippen LogP contribution in [0.15, 0.2) is 52.1 Å². The van der Waals surface area contributed by atoms with E-state index in [2.05, 4.69) is 20.9 Å². The van der Waals surface area contributed by atoms with Gasteiger partial charge in [-0.15, -0.1) is 24.0 Å². The van der Waals surface area contributed by atoms with Gasteiger partial charge in [-0.25, -0.2) is 4.99 Å². The van der Waals surface area contributed by atoms with Crippen molar-refractivity contribution in [2.24, 2.45) is 10.9 Å². The molecule has 0 radical (unpaired) electrons. The highest BCUT2D eigenvalue weighted by Gasteiger charge is 2.26. The molecule has 2 rings (SSSR count). The summed E-state index contributed by atoms with van der Waals surface area (Å²) in [5.74, 6) is 1.41. The molecule has 0 saturated carbocycles. The van der Waals surface area contributed by atoms with Crippen molar-refractivity contribution in [3.05, 3.63) is 54.0 Å². The van der Waals surface area contributed by atoms with Crippen molar-refractivity contribution in [3.8, 4) is 0 Å². The largest absolute Gasteiger partial charge is 0.466 e. The zero-order valence-corrected chi connectivity index (χ0v) is 20.4. The maximum absolute atomic E-state index is 12.0. The van der Waals surface area contributed by atoms with Gasteiger partial charge < -0.3 is 25.5 Å². The number of nitrogens with zero attached hydrogens (tertiary/aromatic N) is 1. The molecule has 0 spiro atoms. The topological polar surface area (TPSA) is 98.9 Å². The number of guanidine groups is 1. The number of aliphatic hydroxyl groups is 1. The predicted octanol–water partition coefficient (Wildman–Crippen LogP) is 3.85. The minimum atomic E-state index is -1.15. The Hall–Kier alpha value is -2.07. The summed E-state index contributed by atoms with van der Waals surface area (Å²) in [7, 11) is 0. The Morgan fingerprint density at radius 2 is 2.00 bits per heavy atom. The summed E-state index contributed by atoms with van der Waals surface area (Å²) in [6.45, 7) is 9.08. The quantitative estimate of drug-likeness (QED) is 0.225. The van der Waals surface area contributed by atoms with Crippen molar-refractivity contribution in [1.29, 1.82) is 0 Å². The number of furan rings is 1. The van der Waals surface area contributed by atoms with Crippen LogP contribution in [-0.4, -0.2) is 30.1 Å². The van der Waals surface area contributed by atoms with Crippen LogP contribution in [0, 0.1) is 5.92 Å². The van der Waals surface area contributed by atoms with Crippen molar-refractivity contribution < 1.29 is 14.3 Å². The van der Waals surface area contributed by atoms with Gasteiger partial charge in [-0.05, 0) is 49.6 Å². The van der Waals surface area contributed by atoms with Crippen LogP contribution < -0.4 is 16.0 Å². The summed E-state index contributed by atoms with van der Waals surface area (Å²) in [5, 5.41) is 19.8. The molecule has 0 bridgehead atoms. The van der Waals surface area contributed by atoms with Crippen LogP contribution in [0.2, 0.25) is 0 Å². The van der Waals surface area contributed by atoms with E-state index in [0.717, 1.165) is 11.3 Å². The third-order valence-corrected chi connectivity index (χ3v) is 4.22. The number of aliphatic imine (C=N–C) groups is 1. The van der Waals surface area contributed by atoms with Crippen LogP contribution in [0.25, 0.3) is 0 Å². The molecule has 1 aromatic carbocycles. The molecular weight excluding hydrogens is 495 g/mol. The number of halogens is 1. The molecule has 0 aliphatic rings. The molecule has 166 valence electrons. The molecule has 1 atom stereocenters. The lowest BCUT2D eigenvalue weighted by Crippen LogP contribution is -2.44. The van der Waals surface area contributed by atoms with Crippen LogP contribution in [-0.2, 0) is 16.9 Å². The third-order valence-electron chi connectivity index (χ3n) is 4.22. The average Bonchev–Trinajstić information content (AvgIpc) is 3.19. The number of anilines is 1. The van der Waals surface area contributed by atoms with Crippen molar-refractivity contribution in [3.63, 3.8) is 0 Å². The first kappa shape index (κ1) is 26.0. The highest BCUT2D eigenvalue weighted by Crippen LogP contribution is 2.19. The number of nitrogens with one attached hydrogen (secondary N) is 3. The predicted molar refractivity (Wildman–Crippen MR) is 131 cm³/mol. The monoisotopic (exact) mass is 528 g/mol. The molecule has 4 N–H and O–H groups in total.